The van der Waals surface area contributed by atoms with E-state index in [-0.39, 0.29) is 5.78 Å². The monoisotopic (exact) mass is 416 g/mol. The molecule has 0 atom stereocenters. The van der Waals surface area contributed by atoms with E-state index < -0.39 is 0 Å². The smallest absolute Gasteiger partial charge is 0.149 e. The first-order chi connectivity index (χ1) is 9.47. The third-order valence-corrected chi connectivity index (χ3v) is 5.40. The standard InChI is InChI=1S/C14H14Br2N2OS/c1-9-14(16)13(18(2)17-9)7-11(19)8-20-12-5-3-4-10(15)6-12/h3-6H,7-8H2,1-2H3. The van der Waals surface area contributed by atoms with Crippen molar-refractivity contribution in [2.24, 2.45) is 7.05 Å². The summed E-state index contributed by atoms with van der Waals surface area (Å²) in [6, 6.07) is 7.97. The van der Waals surface area contributed by atoms with Crippen molar-refractivity contribution in [1.82, 2.24) is 9.78 Å². The molecule has 2 rings (SSSR count). The molecule has 106 valence electrons. The lowest BCUT2D eigenvalue weighted by Gasteiger charge is -2.04. The van der Waals surface area contributed by atoms with Crippen molar-refractivity contribution >= 4 is 49.4 Å². The van der Waals surface area contributed by atoms with Gasteiger partial charge in [0, 0.05) is 16.4 Å². The van der Waals surface area contributed by atoms with Crippen LogP contribution in [0.5, 0.6) is 0 Å². The van der Waals surface area contributed by atoms with Gasteiger partial charge in [-0.3, -0.25) is 9.48 Å². The van der Waals surface area contributed by atoms with Gasteiger partial charge in [-0.15, -0.1) is 11.8 Å². The Bertz CT molecular complexity index is 640. The Morgan fingerprint density at radius 3 is 2.75 bits per heavy atom. The van der Waals surface area contributed by atoms with Crippen LogP contribution in [0.2, 0.25) is 0 Å². The fraction of sp³-hybridized carbons (Fsp3) is 0.286. The molecule has 1 aromatic heterocycles. The number of thioether (sulfide) groups is 1. The molecule has 0 aliphatic carbocycles. The number of carbonyl (C=O) groups excluding carboxylic acids is 1. The van der Waals surface area contributed by atoms with Crippen LogP contribution in [0.15, 0.2) is 38.1 Å². The maximum atomic E-state index is 12.1. The van der Waals surface area contributed by atoms with Gasteiger partial charge in [0.15, 0.2) is 0 Å². The maximum absolute atomic E-state index is 12.1. The minimum atomic E-state index is 0.193. The summed E-state index contributed by atoms with van der Waals surface area (Å²) in [5, 5.41) is 4.30. The maximum Gasteiger partial charge on any atom is 0.149 e. The second-order valence-electron chi connectivity index (χ2n) is 4.43. The Labute approximate surface area is 139 Å². The molecule has 2 aromatic rings. The molecular weight excluding hydrogens is 404 g/mol. The van der Waals surface area contributed by atoms with Crippen LogP contribution in [0.4, 0.5) is 0 Å². The highest BCUT2D eigenvalue weighted by atomic mass is 79.9. The van der Waals surface area contributed by atoms with E-state index in [9.17, 15) is 4.79 Å². The van der Waals surface area contributed by atoms with Gasteiger partial charge in [0.1, 0.15) is 5.78 Å². The first-order valence-corrected chi connectivity index (χ1v) is 8.62. The van der Waals surface area contributed by atoms with Gasteiger partial charge in [-0.1, -0.05) is 22.0 Å². The quantitative estimate of drug-likeness (QED) is 0.685. The zero-order valence-electron chi connectivity index (χ0n) is 11.2. The number of halogens is 2. The van der Waals surface area contributed by atoms with Crippen LogP contribution >= 0.6 is 43.6 Å². The van der Waals surface area contributed by atoms with E-state index in [1.165, 1.54) is 0 Å². The molecular formula is C14H14Br2N2OS. The number of benzene rings is 1. The molecule has 0 radical (unpaired) electrons. The number of rotatable bonds is 5. The van der Waals surface area contributed by atoms with Gasteiger partial charge in [0.25, 0.3) is 0 Å². The predicted octanol–water partition coefficient (Wildman–Crippen LogP) is 4.16. The summed E-state index contributed by atoms with van der Waals surface area (Å²) in [6.07, 6.45) is 0.402. The van der Waals surface area contributed by atoms with Crippen molar-refractivity contribution in [2.75, 3.05) is 5.75 Å². The normalized spacial score (nSPS) is 10.8. The molecule has 0 fully saturated rings. The van der Waals surface area contributed by atoms with Gasteiger partial charge in [-0.2, -0.15) is 5.10 Å². The van der Waals surface area contributed by atoms with Crippen molar-refractivity contribution < 1.29 is 4.79 Å². The van der Waals surface area contributed by atoms with Crippen LogP contribution in [-0.4, -0.2) is 21.3 Å². The summed E-state index contributed by atoms with van der Waals surface area (Å²) >= 11 is 8.47. The van der Waals surface area contributed by atoms with Gasteiger partial charge >= 0.3 is 0 Å². The number of aromatic nitrogens is 2. The summed E-state index contributed by atoms with van der Waals surface area (Å²) < 4.78 is 3.72. The Morgan fingerprint density at radius 1 is 1.40 bits per heavy atom. The molecule has 0 unspecified atom stereocenters. The van der Waals surface area contributed by atoms with Gasteiger partial charge in [0.2, 0.25) is 0 Å². The van der Waals surface area contributed by atoms with E-state index in [4.69, 9.17) is 0 Å². The zero-order valence-corrected chi connectivity index (χ0v) is 15.2. The topological polar surface area (TPSA) is 34.9 Å². The second-order valence-corrected chi connectivity index (χ2v) is 7.19. The minimum absolute atomic E-state index is 0.193. The van der Waals surface area contributed by atoms with Gasteiger partial charge in [-0.25, -0.2) is 0 Å². The fourth-order valence-electron chi connectivity index (χ4n) is 1.83. The molecule has 3 nitrogen and oxygen atoms in total. The van der Waals surface area contributed by atoms with E-state index in [2.05, 4.69) is 37.0 Å². The molecule has 0 saturated heterocycles. The van der Waals surface area contributed by atoms with Crippen LogP contribution in [0.3, 0.4) is 0 Å². The highest BCUT2D eigenvalue weighted by Crippen LogP contribution is 2.24. The number of hydrogen-bond donors (Lipinski definition) is 0. The SMILES string of the molecule is Cc1nn(C)c(CC(=O)CSc2cccc(Br)c2)c1Br. The number of aryl methyl sites for hydroxylation is 2. The first-order valence-electron chi connectivity index (χ1n) is 6.05. The molecule has 1 aromatic carbocycles. The van der Waals surface area contributed by atoms with Crippen molar-refractivity contribution in [3.05, 3.63) is 44.6 Å². The van der Waals surface area contributed by atoms with E-state index in [0.717, 1.165) is 25.2 Å². The van der Waals surface area contributed by atoms with E-state index >= 15 is 0 Å². The van der Waals surface area contributed by atoms with Crippen LogP contribution in [0.25, 0.3) is 0 Å². The first kappa shape index (κ1) is 15.8. The largest absolute Gasteiger partial charge is 0.298 e. The van der Waals surface area contributed by atoms with Crippen molar-refractivity contribution in [3.8, 4) is 0 Å². The lowest BCUT2D eigenvalue weighted by Crippen LogP contribution is -2.10. The zero-order chi connectivity index (χ0) is 14.7. The molecule has 0 N–H and O–H groups in total. The molecule has 1 heterocycles. The number of Topliss-reactive ketones (excluding diaryl/α,β-unsaturated/α-hetero) is 1. The molecule has 0 amide bonds. The average molecular weight is 418 g/mol. The van der Waals surface area contributed by atoms with E-state index in [1.54, 1.807) is 16.4 Å². The molecule has 0 aliphatic rings. The van der Waals surface area contributed by atoms with Crippen LogP contribution in [-0.2, 0) is 18.3 Å². The second kappa shape index (κ2) is 6.91. The van der Waals surface area contributed by atoms with Gasteiger partial charge in [-0.05, 0) is 41.1 Å². The average Bonchev–Trinajstić information content (AvgIpc) is 2.63. The molecule has 6 heteroatoms. The highest BCUT2D eigenvalue weighted by molar-refractivity contribution is 9.10. The number of hydrogen-bond acceptors (Lipinski definition) is 3. The van der Waals surface area contributed by atoms with Crippen LogP contribution in [0.1, 0.15) is 11.4 Å². The van der Waals surface area contributed by atoms with Crippen LogP contribution < -0.4 is 0 Å². The molecule has 0 bridgehead atoms. The third-order valence-electron chi connectivity index (χ3n) is 2.82. The van der Waals surface area contributed by atoms with Crippen molar-refractivity contribution in [1.29, 1.82) is 0 Å². The number of carbonyl (C=O) groups is 1. The predicted molar refractivity (Wildman–Crippen MR) is 89.2 cm³/mol. The lowest BCUT2D eigenvalue weighted by atomic mass is 10.2. The number of ketones is 1. The summed E-state index contributed by atoms with van der Waals surface area (Å²) in [6.45, 7) is 1.92. The molecule has 0 saturated carbocycles. The summed E-state index contributed by atoms with van der Waals surface area (Å²) in [7, 11) is 1.86. The Balaban J connectivity index is 1.96. The van der Waals surface area contributed by atoms with Gasteiger partial charge < -0.3 is 0 Å². The Kier molecular flexibility index (Phi) is 5.46. The van der Waals surface area contributed by atoms with E-state index in [1.807, 2.05) is 38.2 Å². The van der Waals surface area contributed by atoms with Crippen LogP contribution in [0, 0.1) is 6.92 Å². The summed E-state index contributed by atoms with van der Waals surface area (Å²) in [4.78, 5) is 13.2. The Hall–Kier alpha value is -0.590. The fourth-order valence-corrected chi connectivity index (χ4v) is 3.67. The minimum Gasteiger partial charge on any atom is -0.298 e. The summed E-state index contributed by atoms with van der Waals surface area (Å²) in [5.41, 5.74) is 1.84. The molecule has 0 aliphatic heterocycles. The van der Waals surface area contributed by atoms with E-state index in [0.29, 0.717) is 12.2 Å². The Morgan fingerprint density at radius 2 is 2.15 bits per heavy atom. The van der Waals surface area contributed by atoms with Gasteiger partial charge in [0.05, 0.1) is 28.0 Å². The van der Waals surface area contributed by atoms with Crippen molar-refractivity contribution in [2.45, 2.75) is 18.2 Å². The highest BCUT2D eigenvalue weighted by Gasteiger charge is 2.14. The van der Waals surface area contributed by atoms with Crippen molar-refractivity contribution in [3.63, 3.8) is 0 Å². The summed E-state index contributed by atoms with van der Waals surface area (Å²) in [5.74, 6) is 0.659. The third kappa shape index (κ3) is 3.96. The number of nitrogens with zero attached hydrogens (tertiary/aromatic N) is 2. The lowest BCUT2D eigenvalue weighted by molar-refractivity contribution is -0.116. The molecule has 0 spiro atoms. The molecule has 20 heavy (non-hydrogen) atoms.